The minimum atomic E-state index is 0.500. The maximum absolute atomic E-state index is 2.28. The molecule has 0 radical (unpaired) electrons. The number of hydrogen-bond acceptors (Lipinski definition) is 0. The molecule has 0 amide bonds. The predicted octanol–water partition coefficient (Wildman–Crippen LogP) is 4.49. The second-order valence-corrected chi connectivity index (χ2v) is 4.68. The van der Waals surface area contributed by atoms with Crippen molar-refractivity contribution in [1.82, 2.24) is 0 Å². The molecule has 0 nitrogen and oxygen atoms in total. The van der Waals surface area contributed by atoms with E-state index in [1.807, 2.05) is 13.8 Å². The Morgan fingerprint density at radius 3 is 1.00 bits per heavy atom. The first-order chi connectivity index (χ1) is 4.89. The van der Waals surface area contributed by atoms with Gasteiger partial charge in [-0.2, -0.15) is 0 Å². The van der Waals surface area contributed by atoms with Crippen LogP contribution in [-0.2, 0) is 0 Å². The van der Waals surface area contributed by atoms with Crippen LogP contribution in [-0.4, -0.2) is 0 Å². The zero-order valence-corrected chi connectivity index (χ0v) is 9.49. The summed E-state index contributed by atoms with van der Waals surface area (Å²) in [5.41, 5.74) is 0.500. The Kier molecular flexibility index (Phi) is 8.26. The Morgan fingerprint density at radius 2 is 1.00 bits per heavy atom. The van der Waals surface area contributed by atoms with E-state index < -0.39 is 0 Å². The summed E-state index contributed by atoms with van der Waals surface area (Å²) in [6, 6.07) is 0. The lowest BCUT2D eigenvalue weighted by Gasteiger charge is -2.05. The van der Waals surface area contributed by atoms with Crippen molar-refractivity contribution in [2.75, 3.05) is 0 Å². The highest BCUT2D eigenvalue weighted by atomic mass is 14.2. The lowest BCUT2D eigenvalue weighted by molar-refractivity contribution is 0.469. The zero-order chi connectivity index (χ0) is 9.49. The second-order valence-electron chi connectivity index (χ2n) is 4.68. The lowest BCUT2D eigenvalue weighted by atomic mass is 10.0. The molecule has 1 fully saturated rings. The molecule has 0 aromatic carbocycles. The zero-order valence-electron chi connectivity index (χ0n) is 9.49. The van der Waals surface area contributed by atoms with Crippen LogP contribution in [0.5, 0.6) is 0 Å². The van der Waals surface area contributed by atoms with Gasteiger partial charge >= 0.3 is 0 Å². The van der Waals surface area contributed by atoms with Crippen molar-refractivity contribution in [2.45, 2.75) is 61.3 Å². The molecular weight excluding hydrogens is 132 g/mol. The third kappa shape index (κ3) is 71.1. The molecule has 0 aromatic heterocycles. The quantitative estimate of drug-likeness (QED) is 0.487. The van der Waals surface area contributed by atoms with E-state index >= 15 is 0 Å². The fourth-order valence-corrected chi connectivity index (χ4v) is 0.167. The normalized spacial score (nSPS) is 15.5. The van der Waals surface area contributed by atoms with Gasteiger partial charge in [0, 0.05) is 0 Å². The molecule has 0 heterocycles. The molecule has 11 heavy (non-hydrogen) atoms. The van der Waals surface area contributed by atoms with Crippen LogP contribution in [0.15, 0.2) is 0 Å². The smallest absolute Gasteiger partial charge is 0.0411 e. The molecule has 70 valence electrons. The average Bonchev–Trinajstić information content (AvgIpc) is 2.52. The van der Waals surface area contributed by atoms with Gasteiger partial charge in [0.15, 0.2) is 0 Å². The summed E-state index contributed by atoms with van der Waals surface area (Å²) in [7, 11) is 0. The monoisotopic (exact) mass is 158 g/mol. The van der Waals surface area contributed by atoms with E-state index in [2.05, 4.69) is 34.6 Å². The first-order valence-electron chi connectivity index (χ1n) is 4.89. The Hall–Kier alpha value is 0. The third-order valence-corrected chi connectivity index (χ3v) is 0.866. The summed E-state index contributed by atoms with van der Waals surface area (Å²) in [5, 5.41) is 0. The van der Waals surface area contributed by atoms with E-state index in [1.165, 1.54) is 12.8 Å². The fraction of sp³-hybridized carbons (Fsp3) is 1.00. The molecule has 0 atom stereocenters. The van der Waals surface area contributed by atoms with Crippen LogP contribution in [0, 0.1) is 11.3 Å². The molecule has 0 saturated heterocycles. The Bertz CT molecular complexity index is 56.6. The van der Waals surface area contributed by atoms with Crippen molar-refractivity contribution >= 4 is 0 Å². The highest BCUT2D eigenvalue weighted by Crippen LogP contribution is 2.26. The van der Waals surface area contributed by atoms with E-state index in [4.69, 9.17) is 0 Å². The summed E-state index contributed by atoms with van der Waals surface area (Å²) in [5.74, 6) is 1.08. The van der Waals surface area contributed by atoms with Gasteiger partial charge in [0.25, 0.3) is 0 Å². The first kappa shape index (κ1) is 13.6. The van der Waals surface area contributed by atoms with Crippen LogP contribution in [0.25, 0.3) is 0 Å². The van der Waals surface area contributed by atoms with E-state index in [0.717, 1.165) is 5.92 Å². The summed E-state index contributed by atoms with van der Waals surface area (Å²) in [6.45, 7) is 15.0. The van der Waals surface area contributed by atoms with Crippen molar-refractivity contribution in [3.8, 4) is 0 Å². The first-order valence-corrected chi connectivity index (χ1v) is 4.89. The van der Waals surface area contributed by atoms with Crippen LogP contribution in [0.2, 0.25) is 0 Å². The molecule has 1 aliphatic rings. The molecule has 0 unspecified atom stereocenters. The second kappa shape index (κ2) is 6.69. The number of hydrogen-bond donors (Lipinski definition) is 0. The molecule has 1 saturated carbocycles. The van der Waals surface area contributed by atoms with Gasteiger partial charge in [0.1, 0.15) is 0 Å². The topological polar surface area (TPSA) is 0 Å². The lowest BCUT2D eigenvalue weighted by Crippen LogP contribution is -1.93. The molecule has 0 spiro atoms. The van der Waals surface area contributed by atoms with Gasteiger partial charge in [0.05, 0.1) is 0 Å². The summed E-state index contributed by atoms with van der Waals surface area (Å²) < 4.78 is 0. The molecule has 0 bridgehead atoms. The van der Waals surface area contributed by atoms with E-state index in [1.54, 1.807) is 0 Å². The van der Waals surface area contributed by atoms with E-state index in [-0.39, 0.29) is 0 Å². The Labute approximate surface area is 73.4 Å². The maximum atomic E-state index is 2.28. The highest BCUT2D eigenvalue weighted by molar-refractivity contribution is 4.65. The SMILES string of the molecule is CC.CC(C)(C)C.CC1CC1. The molecule has 0 aromatic rings. The molecule has 0 heteroatoms. The van der Waals surface area contributed by atoms with Gasteiger partial charge in [-0.15, -0.1) is 0 Å². The maximum Gasteiger partial charge on any atom is -0.0411 e. The average molecular weight is 158 g/mol. The van der Waals surface area contributed by atoms with E-state index in [9.17, 15) is 0 Å². The van der Waals surface area contributed by atoms with Gasteiger partial charge < -0.3 is 0 Å². The van der Waals surface area contributed by atoms with Crippen LogP contribution in [0.4, 0.5) is 0 Å². The summed E-state index contributed by atoms with van der Waals surface area (Å²) in [4.78, 5) is 0. The van der Waals surface area contributed by atoms with Gasteiger partial charge in [-0.1, -0.05) is 61.3 Å². The fourth-order valence-electron chi connectivity index (χ4n) is 0.167. The molecule has 0 aliphatic heterocycles. The van der Waals surface area contributed by atoms with Gasteiger partial charge in [-0.05, 0) is 11.3 Å². The van der Waals surface area contributed by atoms with Crippen molar-refractivity contribution in [1.29, 1.82) is 0 Å². The predicted molar refractivity (Wildman–Crippen MR) is 54.9 cm³/mol. The third-order valence-electron chi connectivity index (χ3n) is 0.866. The Balaban J connectivity index is 0. The minimum Gasteiger partial charge on any atom is -0.0683 e. The van der Waals surface area contributed by atoms with Gasteiger partial charge in [-0.25, -0.2) is 0 Å². The number of rotatable bonds is 0. The Morgan fingerprint density at radius 1 is 0.909 bits per heavy atom. The molecule has 0 N–H and O–H groups in total. The van der Waals surface area contributed by atoms with Gasteiger partial charge in [-0.3, -0.25) is 0 Å². The van der Waals surface area contributed by atoms with Crippen molar-refractivity contribution in [3.05, 3.63) is 0 Å². The molecule has 1 rings (SSSR count). The summed E-state index contributed by atoms with van der Waals surface area (Å²) >= 11 is 0. The van der Waals surface area contributed by atoms with Crippen LogP contribution in [0.1, 0.15) is 61.3 Å². The summed E-state index contributed by atoms with van der Waals surface area (Å²) in [6.07, 6.45) is 2.97. The van der Waals surface area contributed by atoms with Crippen LogP contribution >= 0.6 is 0 Å². The molecular formula is C11H26. The van der Waals surface area contributed by atoms with Crippen molar-refractivity contribution < 1.29 is 0 Å². The van der Waals surface area contributed by atoms with Crippen LogP contribution in [0.3, 0.4) is 0 Å². The standard InChI is InChI=1S/C5H12.C4H8.C2H6/c1-5(2,3)4;1-4-2-3-4;1-2/h1-4H3;4H,2-3H2,1H3;1-2H3. The van der Waals surface area contributed by atoms with Gasteiger partial charge in [0.2, 0.25) is 0 Å². The van der Waals surface area contributed by atoms with E-state index in [0.29, 0.717) is 5.41 Å². The van der Waals surface area contributed by atoms with Crippen molar-refractivity contribution in [3.63, 3.8) is 0 Å². The molecule has 1 aliphatic carbocycles. The minimum absolute atomic E-state index is 0.500. The van der Waals surface area contributed by atoms with Crippen molar-refractivity contribution in [2.24, 2.45) is 11.3 Å². The van der Waals surface area contributed by atoms with Crippen LogP contribution < -0.4 is 0 Å². The highest BCUT2D eigenvalue weighted by Gasteiger charge is 2.12. The largest absolute Gasteiger partial charge is 0.0683 e.